The molecule has 8 heteroatoms. The lowest BCUT2D eigenvalue weighted by Gasteiger charge is -2.34. The van der Waals surface area contributed by atoms with Crippen LogP contribution in [0.25, 0.3) is 0 Å². The van der Waals surface area contributed by atoms with Crippen LogP contribution in [0.15, 0.2) is 6.07 Å². The molecule has 3 heterocycles. The van der Waals surface area contributed by atoms with Crippen LogP contribution in [0.4, 0.5) is 9.59 Å². The van der Waals surface area contributed by atoms with Gasteiger partial charge in [0.1, 0.15) is 6.10 Å². The highest BCUT2D eigenvalue weighted by Gasteiger charge is 2.33. The van der Waals surface area contributed by atoms with Gasteiger partial charge in [-0.05, 0) is 32.8 Å². The summed E-state index contributed by atoms with van der Waals surface area (Å²) in [4.78, 5) is 35.5. The van der Waals surface area contributed by atoms with Crippen LogP contribution in [0.2, 0.25) is 0 Å². The molecular weight excluding hydrogens is 298 g/mol. The molecule has 3 rings (SSSR count). The Kier molecular flexibility index (Phi) is 4.31. The SMILES string of the molecule is Cc1cc(C)nc(OC2CCCN(C(=O)N3CCNC3=O)C2)n1. The Morgan fingerprint density at radius 1 is 1.30 bits per heavy atom. The van der Waals surface area contributed by atoms with Gasteiger partial charge in [0.15, 0.2) is 0 Å². The number of hydrogen-bond donors (Lipinski definition) is 1. The number of nitrogens with one attached hydrogen (secondary N) is 1. The number of aryl methyl sites for hydroxylation is 2. The summed E-state index contributed by atoms with van der Waals surface area (Å²) in [6.07, 6.45) is 1.52. The van der Waals surface area contributed by atoms with E-state index in [1.54, 1.807) is 4.90 Å². The zero-order valence-corrected chi connectivity index (χ0v) is 13.4. The topological polar surface area (TPSA) is 87.7 Å². The first-order valence-corrected chi connectivity index (χ1v) is 7.86. The summed E-state index contributed by atoms with van der Waals surface area (Å²) >= 11 is 0. The number of urea groups is 2. The fourth-order valence-corrected chi connectivity index (χ4v) is 2.93. The standard InChI is InChI=1S/C15H21N5O3/c1-10-8-11(2)18-13(17-10)23-12-4-3-6-19(9-12)15(22)20-7-5-16-14(20)21/h8,12H,3-7,9H2,1-2H3,(H,16,21). The second-order valence-electron chi connectivity index (χ2n) is 5.93. The van der Waals surface area contributed by atoms with Gasteiger partial charge in [-0.15, -0.1) is 0 Å². The van der Waals surface area contributed by atoms with Crippen LogP contribution in [0.5, 0.6) is 6.01 Å². The van der Waals surface area contributed by atoms with Crippen molar-refractivity contribution in [2.24, 2.45) is 0 Å². The van der Waals surface area contributed by atoms with E-state index in [0.717, 1.165) is 24.2 Å². The van der Waals surface area contributed by atoms with Gasteiger partial charge in [-0.25, -0.2) is 24.5 Å². The van der Waals surface area contributed by atoms with E-state index < -0.39 is 0 Å². The number of carbonyl (C=O) groups is 2. The Morgan fingerprint density at radius 3 is 2.70 bits per heavy atom. The minimum atomic E-state index is -0.323. The number of rotatable bonds is 2. The smallest absolute Gasteiger partial charge is 0.328 e. The molecule has 0 spiro atoms. The molecule has 124 valence electrons. The minimum Gasteiger partial charge on any atom is -0.458 e. The van der Waals surface area contributed by atoms with Gasteiger partial charge < -0.3 is 15.0 Å². The molecule has 2 aliphatic rings. The van der Waals surface area contributed by atoms with Crippen molar-refractivity contribution in [2.45, 2.75) is 32.8 Å². The third kappa shape index (κ3) is 3.52. The molecule has 1 unspecified atom stereocenters. The first-order valence-electron chi connectivity index (χ1n) is 7.86. The van der Waals surface area contributed by atoms with Gasteiger partial charge >= 0.3 is 18.1 Å². The van der Waals surface area contributed by atoms with Gasteiger partial charge in [-0.3, -0.25) is 0 Å². The fraction of sp³-hybridized carbons (Fsp3) is 0.600. The highest BCUT2D eigenvalue weighted by Crippen LogP contribution is 2.18. The number of likely N-dealkylation sites (tertiary alicyclic amines) is 1. The van der Waals surface area contributed by atoms with E-state index in [4.69, 9.17) is 4.74 Å². The minimum absolute atomic E-state index is 0.153. The molecule has 2 aliphatic heterocycles. The van der Waals surface area contributed by atoms with E-state index in [1.807, 2.05) is 19.9 Å². The summed E-state index contributed by atoms with van der Waals surface area (Å²) in [5, 5.41) is 2.64. The van der Waals surface area contributed by atoms with E-state index in [9.17, 15) is 9.59 Å². The Labute approximate surface area is 134 Å². The molecule has 0 radical (unpaired) electrons. The predicted molar refractivity (Wildman–Crippen MR) is 82.2 cm³/mol. The van der Waals surface area contributed by atoms with E-state index in [1.165, 1.54) is 4.90 Å². The summed E-state index contributed by atoms with van der Waals surface area (Å²) in [5.74, 6) is 0. The number of hydrogen-bond acceptors (Lipinski definition) is 5. The number of nitrogens with zero attached hydrogens (tertiary/aromatic N) is 4. The summed E-state index contributed by atoms with van der Waals surface area (Å²) < 4.78 is 5.85. The second-order valence-corrected chi connectivity index (χ2v) is 5.93. The van der Waals surface area contributed by atoms with Crippen molar-refractivity contribution in [3.8, 4) is 6.01 Å². The number of carbonyl (C=O) groups excluding carboxylic acids is 2. The van der Waals surface area contributed by atoms with Gasteiger partial charge in [-0.2, -0.15) is 0 Å². The number of aromatic nitrogens is 2. The highest BCUT2D eigenvalue weighted by atomic mass is 16.5. The lowest BCUT2D eigenvalue weighted by atomic mass is 10.1. The monoisotopic (exact) mass is 319 g/mol. The molecule has 23 heavy (non-hydrogen) atoms. The van der Waals surface area contributed by atoms with Crippen LogP contribution >= 0.6 is 0 Å². The maximum absolute atomic E-state index is 12.4. The van der Waals surface area contributed by atoms with Gasteiger partial charge in [0.25, 0.3) is 0 Å². The van der Waals surface area contributed by atoms with Crippen LogP contribution < -0.4 is 10.1 Å². The van der Waals surface area contributed by atoms with Crippen LogP contribution in [0.1, 0.15) is 24.2 Å². The third-order valence-electron chi connectivity index (χ3n) is 3.97. The van der Waals surface area contributed by atoms with Crippen molar-refractivity contribution >= 4 is 12.1 Å². The first kappa shape index (κ1) is 15.5. The molecule has 1 aromatic rings. The number of ether oxygens (including phenoxy) is 1. The maximum atomic E-state index is 12.4. The summed E-state index contributed by atoms with van der Waals surface area (Å²) in [5.41, 5.74) is 1.70. The van der Waals surface area contributed by atoms with Crippen molar-refractivity contribution in [1.82, 2.24) is 25.1 Å². The lowest BCUT2D eigenvalue weighted by molar-refractivity contribution is 0.0846. The molecule has 1 N–H and O–H groups in total. The molecule has 8 nitrogen and oxygen atoms in total. The second kappa shape index (κ2) is 6.39. The molecule has 0 aromatic carbocycles. The normalized spacial score (nSPS) is 21.3. The highest BCUT2D eigenvalue weighted by molar-refractivity contribution is 5.95. The number of amides is 4. The zero-order chi connectivity index (χ0) is 16.4. The summed E-state index contributed by atoms with van der Waals surface area (Å²) in [6.45, 7) is 5.79. The Morgan fingerprint density at radius 2 is 2.04 bits per heavy atom. The van der Waals surface area contributed by atoms with Crippen molar-refractivity contribution in [1.29, 1.82) is 0 Å². The number of piperidine rings is 1. The van der Waals surface area contributed by atoms with Gasteiger partial charge in [0.2, 0.25) is 0 Å². The molecule has 0 bridgehead atoms. The van der Waals surface area contributed by atoms with Crippen molar-refractivity contribution in [3.63, 3.8) is 0 Å². The molecule has 0 aliphatic carbocycles. The maximum Gasteiger partial charge on any atom is 0.328 e. The predicted octanol–water partition coefficient (Wildman–Crippen LogP) is 1.08. The molecule has 1 aromatic heterocycles. The van der Waals surface area contributed by atoms with Crippen LogP contribution in [-0.4, -0.2) is 64.1 Å². The van der Waals surface area contributed by atoms with Crippen molar-refractivity contribution in [3.05, 3.63) is 17.5 Å². The average molecular weight is 319 g/mol. The molecule has 1 atom stereocenters. The average Bonchev–Trinajstić information content (AvgIpc) is 2.92. The van der Waals surface area contributed by atoms with Crippen molar-refractivity contribution < 1.29 is 14.3 Å². The molecule has 0 saturated carbocycles. The van der Waals surface area contributed by atoms with Gasteiger partial charge in [0.05, 0.1) is 6.54 Å². The van der Waals surface area contributed by atoms with E-state index in [2.05, 4.69) is 15.3 Å². The quantitative estimate of drug-likeness (QED) is 0.881. The third-order valence-corrected chi connectivity index (χ3v) is 3.97. The first-order chi connectivity index (χ1) is 11.0. The Bertz CT molecular complexity index is 601. The van der Waals surface area contributed by atoms with E-state index >= 15 is 0 Å². The molecule has 2 fully saturated rings. The van der Waals surface area contributed by atoms with Crippen LogP contribution in [-0.2, 0) is 0 Å². The number of imide groups is 1. The molecule has 4 amide bonds. The van der Waals surface area contributed by atoms with Gasteiger partial charge in [0, 0.05) is 31.0 Å². The summed E-state index contributed by atoms with van der Waals surface area (Å²) in [6, 6.07) is 1.65. The lowest BCUT2D eigenvalue weighted by Crippen LogP contribution is -2.51. The van der Waals surface area contributed by atoms with E-state index in [0.29, 0.717) is 32.2 Å². The van der Waals surface area contributed by atoms with Crippen LogP contribution in [0, 0.1) is 13.8 Å². The summed E-state index contributed by atoms with van der Waals surface area (Å²) in [7, 11) is 0. The Balaban J connectivity index is 1.63. The van der Waals surface area contributed by atoms with Crippen molar-refractivity contribution in [2.75, 3.05) is 26.2 Å². The molecular formula is C15H21N5O3. The Hall–Kier alpha value is -2.38. The fourth-order valence-electron chi connectivity index (χ4n) is 2.93. The van der Waals surface area contributed by atoms with Gasteiger partial charge in [-0.1, -0.05) is 0 Å². The molecule has 2 saturated heterocycles. The largest absolute Gasteiger partial charge is 0.458 e. The van der Waals surface area contributed by atoms with Crippen LogP contribution in [0.3, 0.4) is 0 Å². The van der Waals surface area contributed by atoms with E-state index in [-0.39, 0.29) is 18.2 Å². The zero-order valence-electron chi connectivity index (χ0n) is 13.4.